The van der Waals surface area contributed by atoms with Gasteiger partial charge in [-0.3, -0.25) is 0 Å². The van der Waals surface area contributed by atoms with Crippen molar-refractivity contribution in [1.29, 1.82) is 0 Å². The lowest BCUT2D eigenvalue weighted by Gasteiger charge is -2.41. The van der Waals surface area contributed by atoms with Crippen molar-refractivity contribution in [2.75, 3.05) is 13.7 Å². The van der Waals surface area contributed by atoms with E-state index in [2.05, 4.69) is 5.32 Å². The molecule has 3 N–H and O–H groups in total. The van der Waals surface area contributed by atoms with Crippen LogP contribution < -0.4 is 5.32 Å². The first kappa shape index (κ1) is 22.2. The number of hydrogen-bond donors (Lipinski definition) is 3. The molecular formula is C22H27NO7. The molecule has 0 radical (unpaired) electrons. The first-order chi connectivity index (χ1) is 14.6. The number of amides is 1. The number of alkyl carbamates (subject to hydrolysis) is 1. The number of hydrogen-bond acceptors (Lipinski definition) is 7. The topological polar surface area (TPSA) is 106 Å². The van der Waals surface area contributed by atoms with Gasteiger partial charge in [0.25, 0.3) is 0 Å². The van der Waals surface area contributed by atoms with Gasteiger partial charge in [-0.15, -0.1) is 0 Å². The number of methoxy groups -OCH3 is 1. The quantitative estimate of drug-likeness (QED) is 0.599. The second kappa shape index (κ2) is 11.1. The summed E-state index contributed by atoms with van der Waals surface area (Å²) in [6.45, 7) is 0.296. The number of rotatable bonds is 8. The molecule has 1 aliphatic heterocycles. The Morgan fingerprint density at radius 1 is 0.967 bits per heavy atom. The molecule has 2 aromatic carbocycles. The number of aliphatic hydroxyl groups excluding tert-OH is 2. The maximum atomic E-state index is 12.0. The molecule has 8 heteroatoms. The summed E-state index contributed by atoms with van der Waals surface area (Å²) in [4.78, 5) is 12.0. The third kappa shape index (κ3) is 6.01. The summed E-state index contributed by atoms with van der Waals surface area (Å²) in [6.07, 6.45) is -5.79. The summed E-state index contributed by atoms with van der Waals surface area (Å²) in [5, 5.41) is 23.7. The number of ether oxygens (including phenoxy) is 4. The minimum Gasteiger partial charge on any atom is -0.445 e. The Labute approximate surface area is 175 Å². The maximum Gasteiger partial charge on any atom is 0.407 e. The van der Waals surface area contributed by atoms with Crippen LogP contribution in [0.3, 0.4) is 0 Å². The highest BCUT2D eigenvalue weighted by Crippen LogP contribution is 2.25. The number of carbonyl (C=O) groups excluding carboxylic acids is 1. The molecule has 1 amide bonds. The Morgan fingerprint density at radius 3 is 2.17 bits per heavy atom. The Hall–Kier alpha value is -2.49. The summed E-state index contributed by atoms with van der Waals surface area (Å²) >= 11 is 0. The van der Waals surface area contributed by atoms with Crippen LogP contribution in [-0.4, -0.2) is 60.7 Å². The van der Waals surface area contributed by atoms with E-state index in [0.29, 0.717) is 0 Å². The second-order valence-corrected chi connectivity index (χ2v) is 6.96. The molecule has 5 atom stereocenters. The first-order valence-corrected chi connectivity index (χ1v) is 9.73. The minimum absolute atomic E-state index is 0.0352. The molecule has 162 valence electrons. The number of aliphatic hydroxyl groups is 2. The molecule has 2 aromatic rings. The number of benzene rings is 2. The standard InChI is InChI=1S/C22H27NO7/c1-27-21-19(25)20(28-13-15-8-4-2-5-9-15)18(24)17(30-21)12-23-22(26)29-14-16-10-6-3-7-11-16/h2-11,17-21,24-25H,12-14H2,1H3,(H,23,26)/t17?,18-,19-,20?,21-/m1/s1. The fourth-order valence-corrected chi connectivity index (χ4v) is 3.19. The summed E-state index contributed by atoms with van der Waals surface area (Å²) in [5.41, 5.74) is 1.76. The van der Waals surface area contributed by atoms with Crippen LogP contribution in [0.15, 0.2) is 60.7 Å². The van der Waals surface area contributed by atoms with Crippen LogP contribution in [0, 0.1) is 0 Å². The van der Waals surface area contributed by atoms with E-state index in [-0.39, 0.29) is 19.8 Å². The van der Waals surface area contributed by atoms with Crippen LogP contribution in [0.5, 0.6) is 0 Å². The van der Waals surface area contributed by atoms with E-state index in [1.54, 1.807) is 0 Å². The smallest absolute Gasteiger partial charge is 0.407 e. The van der Waals surface area contributed by atoms with Gasteiger partial charge in [0.1, 0.15) is 31.0 Å². The van der Waals surface area contributed by atoms with Crippen molar-refractivity contribution in [3.63, 3.8) is 0 Å². The molecule has 1 saturated heterocycles. The molecule has 0 bridgehead atoms. The lowest BCUT2D eigenvalue weighted by atomic mass is 9.98. The molecule has 8 nitrogen and oxygen atoms in total. The SMILES string of the molecule is CO[C@@H]1OC(CNC(=O)OCc2ccccc2)[C@@H](O)C(OCc2ccccc2)[C@H]1O. The Morgan fingerprint density at radius 2 is 1.57 bits per heavy atom. The summed E-state index contributed by atoms with van der Waals surface area (Å²) in [6, 6.07) is 18.7. The highest BCUT2D eigenvalue weighted by atomic mass is 16.7. The van der Waals surface area contributed by atoms with Gasteiger partial charge in [-0.05, 0) is 11.1 Å². The van der Waals surface area contributed by atoms with Gasteiger partial charge in [-0.2, -0.15) is 0 Å². The van der Waals surface area contributed by atoms with Crippen molar-refractivity contribution in [3.05, 3.63) is 71.8 Å². The van der Waals surface area contributed by atoms with E-state index in [1.807, 2.05) is 60.7 Å². The van der Waals surface area contributed by atoms with Gasteiger partial charge < -0.3 is 34.5 Å². The van der Waals surface area contributed by atoms with Gasteiger partial charge in [0.05, 0.1) is 6.61 Å². The first-order valence-electron chi connectivity index (χ1n) is 9.73. The number of carbonyl (C=O) groups is 1. The molecule has 1 heterocycles. The van der Waals surface area contributed by atoms with Crippen LogP contribution in [0.25, 0.3) is 0 Å². The van der Waals surface area contributed by atoms with Crippen molar-refractivity contribution >= 4 is 6.09 Å². The van der Waals surface area contributed by atoms with E-state index >= 15 is 0 Å². The summed E-state index contributed by atoms with van der Waals surface area (Å²) < 4.78 is 21.7. The normalized spacial score (nSPS) is 26.2. The predicted octanol–water partition coefficient (Wildman–Crippen LogP) is 1.59. The van der Waals surface area contributed by atoms with Gasteiger partial charge in [-0.1, -0.05) is 60.7 Å². The molecule has 0 saturated carbocycles. The highest BCUT2D eigenvalue weighted by molar-refractivity contribution is 5.67. The Balaban J connectivity index is 1.53. The van der Waals surface area contributed by atoms with Crippen molar-refractivity contribution in [1.82, 2.24) is 5.32 Å². The third-order valence-electron chi connectivity index (χ3n) is 4.82. The van der Waals surface area contributed by atoms with Gasteiger partial charge in [0.15, 0.2) is 6.29 Å². The van der Waals surface area contributed by atoms with Crippen molar-refractivity contribution < 1.29 is 34.0 Å². The zero-order valence-electron chi connectivity index (χ0n) is 16.7. The minimum atomic E-state index is -1.19. The largest absolute Gasteiger partial charge is 0.445 e. The average molecular weight is 417 g/mol. The molecular weight excluding hydrogens is 390 g/mol. The Kier molecular flexibility index (Phi) is 8.18. The van der Waals surface area contributed by atoms with Crippen LogP contribution in [0.2, 0.25) is 0 Å². The van der Waals surface area contributed by atoms with E-state index in [0.717, 1.165) is 11.1 Å². The molecule has 0 aromatic heterocycles. The monoisotopic (exact) mass is 417 g/mol. The fourth-order valence-electron chi connectivity index (χ4n) is 3.19. The predicted molar refractivity (Wildman–Crippen MR) is 107 cm³/mol. The van der Waals surface area contributed by atoms with E-state index in [4.69, 9.17) is 18.9 Å². The zero-order valence-corrected chi connectivity index (χ0v) is 16.7. The van der Waals surface area contributed by atoms with Crippen molar-refractivity contribution in [2.45, 2.75) is 43.9 Å². The summed E-state index contributed by atoms with van der Waals surface area (Å²) in [5.74, 6) is 0. The highest BCUT2D eigenvalue weighted by Gasteiger charge is 2.45. The van der Waals surface area contributed by atoms with Gasteiger partial charge in [0.2, 0.25) is 0 Å². The van der Waals surface area contributed by atoms with E-state index in [9.17, 15) is 15.0 Å². The molecule has 0 aliphatic carbocycles. The lowest BCUT2D eigenvalue weighted by molar-refractivity contribution is -0.297. The van der Waals surface area contributed by atoms with Crippen molar-refractivity contribution in [2.24, 2.45) is 0 Å². The van der Waals surface area contributed by atoms with Crippen molar-refractivity contribution in [3.8, 4) is 0 Å². The zero-order chi connectivity index (χ0) is 21.3. The molecule has 3 rings (SSSR count). The van der Waals surface area contributed by atoms with Gasteiger partial charge in [0, 0.05) is 13.7 Å². The molecule has 1 aliphatic rings. The Bertz CT molecular complexity index is 774. The van der Waals surface area contributed by atoms with Crippen LogP contribution in [0.1, 0.15) is 11.1 Å². The fraction of sp³-hybridized carbons (Fsp3) is 0.409. The van der Waals surface area contributed by atoms with Crippen LogP contribution in [-0.2, 0) is 32.2 Å². The van der Waals surface area contributed by atoms with Crippen LogP contribution in [0.4, 0.5) is 4.79 Å². The summed E-state index contributed by atoms with van der Waals surface area (Å²) in [7, 11) is 1.39. The molecule has 0 spiro atoms. The van der Waals surface area contributed by atoms with Gasteiger partial charge in [-0.25, -0.2) is 4.79 Å². The molecule has 1 fully saturated rings. The van der Waals surface area contributed by atoms with Crippen LogP contribution >= 0.6 is 0 Å². The lowest BCUT2D eigenvalue weighted by Crippen LogP contribution is -2.61. The van der Waals surface area contributed by atoms with Gasteiger partial charge >= 0.3 is 6.09 Å². The third-order valence-corrected chi connectivity index (χ3v) is 4.82. The molecule has 2 unspecified atom stereocenters. The van der Waals surface area contributed by atoms with E-state index < -0.39 is 36.8 Å². The van der Waals surface area contributed by atoms with E-state index in [1.165, 1.54) is 7.11 Å². The molecule has 30 heavy (non-hydrogen) atoms. The number of nitrogens with one attached hydrogen (secondary N) is 1. The second-order valence-electron chi connectivity index (χ2n) is 6.96. The maximum absolute atomic E-state index is 12.0. The average Bonchev–Trinajstić information content (AvgIpc) is 2.78.